The molecule has 0 spiro atoms. The van der Waals surface area contributed by atoms with Crippen LogP contribution in [0.1, 0.15) is 11.1 Å². The fourth-order valence-electron chi connectivity index (χ4n) is 2.06. The molecule has 2 rings (SSSR count). The van der Waals surface area contributed by atoms with Gasteiger partial charge in [-0.25, -0.2) is 0 Å². The maximum atomic E-state index is 13.2. The molecule has 0 amide bonds. The molecule has 4 heteroatoms. The lowest BCUT2D eigenvalue weighted by molar-refractivity contribution is -0.108. The summed E-state index contributed by atoms with van der Waals surface area (Å²) in [6.07, 6.45) is -3.22. The molecule has 0 aliphatic rings. The first kappa shape index (κ1) is 15.2. The number of halogens is 3. The van der Waals surface area contributed by atoms with Crippen LogP contribution in [0.15, 0.2) is 66.4 Å². The highest BCUT2D eigenvalue weighted by molar-refractivity contribution is 5.53. The van der Waals surface area contributed by atoms with Gasteiger partial charge in [0.2, 0.25) is 0 Å². The van der Waals surface area contributed by atoms with Crippen molar-refractivity contribution in [3.05, 3.63) is 77.5 Å². The SMILES string of the molecule is CN(Cc1ccccc1)/C(=C/c1ccccc1)C(F)(F)F. The van der Waals surface area contributed by atoms with Crippen LogP contribution in [0.2, 0.25) is 0 Å². The smallest absolute Gasteiger partial charge is 0.366 e. The average Bonchev–Trinajstić information content (AvgIpc) is 2.45. The van der Waals surface area contributed by atoms with Crippen LogP contribution in [-0.2, 0) is 6.54 Å². The van der Waals surface area contributed by atoms with E-state index in [0.717, 1.165) is 5.56 Å². The predicted octanol–water partition coefficient (Wildman–Crippen LogP) is 4.72. The molecule has 0 heterocycles. The number of hydrogen-bond donors (Lipinski definition) is 0. The van der Waals surface area contributed by atoms with Crippen LogP contribution in [0.25, 0.3) is 6.08 Å². The normalized spacial score (nSPS) is 12.3. The molecule has 0 fully saturated rings. The topological polar surface area (TPSA) is 3.24 Å². The molecule has 110 valence electrons. The van der Waals surface area contributed by atoms with E-state index in [1.807, 2.05) is 30.3 Å². The molecular formula is C17H16F3N. The number of nitrogens with zero attached hydrogens (tertiary/aromatic N) is 1. The standard InChI is InChI=1S/C17H16F3N/c1-21(13-15-10-6-3-7-11-15)16(17(18,19)20)12-14-8-4-2-5-9-14/h2-12H,13H2,1H3/b16-12+. The number of allylic oxidation sites excluding steroid dienone is 1. The molecule has 21 heavy (non-hydrogen) atoms. The molecular weight excluding hydrogens is 275 g/mol. The van der Waals surface area contributed by atoms with Crippen molar-refractivity contribution in [2.75, 3.05) is 7.05 Å². The zero-order chi connectivity index (χ0) is 15.3. The fourth-order valence-corrected chi connectivity index (χ4v) is 2.06. The van der Waals surface area contributed by atoms with Crippen molar-refractivity contribution >= 4 is 6.08 Å². The zero-order valence-corrected chi connectivity index (χ0v) is 11.6. The molecule has 2 aromatic rings. The van der Waals surface area contributed by atoms with Crippen LogP contribution in [0.4, 0.5) is 13.2 Å². The third-order valence-electron chi connectivity index (χ3n) is 3.07. The second-order valence-corrected chi connectivity index (χ2v) is 4.78. The summed E-state index contributed by atoms with van der Waals surface area (Å²) in [6.45, 7) is 0.207. The van der Waals surface area contributed by atoms with E-state index in [0.29, 0.717) is 5.56 Å². The van der Waals surface area contributed by atoms with E-state index in [9.17, 15) is 13.2 Å². The van der Waals surface area contributed by atoms with Gasteiger partial charge in [0.05, 0.1) is 0 Å². The van der Waals surface area contributed by atoms with Gasteiger partial charge >= 0.3 is 6.18 Å². The summed E-state index contributed by atoms with van der Waals surface area (Å²) < 4.78 is 39.7. The van der Waals surface area contributed by atoms with Gasteiger partial charge in [-0.2, -0.15) is 13.2 Å². The van der Waals surface area contributed by atoms with Crippen molar-refractivity contribution in [2.45, 2.75) is 12.7 Å². The molecule has 0 N–H and O–H groups in total. The van der Waals surface area contributed by atoms with Crippen LogP contribution in [0.5, 0.6) is 0 Å². The molecule has 1 nitrogen and oxygen atoms in total. The highest BCUT2D eigenvalue weighted by Gasteiger charge is 2.36. The van der Waals surface area contributed by atoms with Crippen molar-refractivity contribution in [1.82, 2.24) is 4.90 Å². The Balaban J connectivity index is 2.27. The lowest BCUT2D eigenvalue weighted by Gasteiger charge is -2.24. The second-order valence-electron chi connectivity index (χ2n) is 4.78. The molecule has 0 aromatic heterocycles. The van der Waals surface area contributed by atoms with Gasteiger partial charge in [-0.1, -0.05) is 60.7 Å². The van der Waals surface area contributed by atoms with Gasteiger partial charge in [-0.3, -0.25) is 0 Å². The Morgan fingerprint density at radius 1 is 0.952 bits per heavy atom. The Morgan fingerprint density at radius 2 is 1.48 bits per heavy atom. The summed E-state index contributed by atoms with van der Waals surface area (Å²) in [5.41, 5.74) is 0.713. The molecule has 0 unspecified atom stereocenters. The lowest BCUT2D eigenvalue weighted by Crippen LogP contribution is -2.28. The third kappa shape index (κ3) is 4.38. The van der Waals surface area contributed by atoms with E-state index in [1.165, 1.54) is 18.0 Å². The lowest BCUT2D eigenvalue weighted by atomic mass is 10.1. The van der Waals surface area contributed by atoms with Crippen molar-refractivity contribution in [1.29, 1.82) is 0 Å². The largest absolute Gasteiger partial charge is 0.431 e. The van der Waals surface area contributed by atoms with Crippen molar-refractivity contribution in [3.63, 3.8) is 0 Å². The molecule has 0 saturated carbocycles. The first-order chi connectivity index (χ1) is 9.97. The average molecular weight is 291 g/mol. The Labute approximate surface area is 122 Å². The van der Waals surface area contributed by atoms with Crippen molar-refractivity contribution < 1.29 is 13.2 Å². The summed E-state index contributed by atoms with van der Waals surface area (Å²) in [6, 6.07) is 17.6. The van der Waals surface area contributed by atoms with Gasteiger partial charge in [-0.15, -0.1) is 0 Å². The second kappa shape index (κ2) is 6.48. The van der Waals surface area contributed by atoms with Crippen LogP contribution >= 0.6 is 0 Å². The molecule has 0 aliphatic heterocycles. The quantitative estimate of drug-likeness (QED) is 0.787. The molecule has 0 atom stereocenters. The van der Waals surface area contributed by atoms with Crippen LogP contribution in [-0.4, -0.2) is 18.1 Å². The first-order valence-corrected chi connectivity index (χ1v) is 6.56. The molecule has 2 aromatic carbocycles. The van der Waals surface area contributed by atoms with Gasteiger partial charge in [-0.05, 0) is 17.2 Å². The number of benzene rings is 2. The Hall–Kier alpha value is -2.23. The Kier molecular flexibility index (Phi) is 4.68. The summed E-state index contributed by atoms with van der Waals surface area (Å²) in [5, 5.41) is 0. The summed E-state index contributed by atoms with van der Waals surface area (Å²) in [5.74, 6) is 0. The van der Waals surface area contributed by atoms with Crippen LogP contribution in [0, 0.1) is 0 Å². The monoisotopic (exact) mass is 291 g/mol. The maximum Gasteiger partial charge on any atom is 0.431 e. The van der Waals surface area contributed by atoms with Gasteiger partial charge in [0.25, 0.3) is 0 Å². The van der Waals surface area contributed by atoms with Crippen molar-refractivity contribution in [2.24, 2.45) is 0 Å². The molecule has 0 aliphatic carbocycles. The number of rotatable bonds is 4. The predicted molar refractivity (Wildman–Crippen MR) is 78.4 cm³/mol. The van der Waals surface area contributed by atoms with Gasteiger partial charge in [0, 0.05) is 13.6 Å². The Bertz CT molecular complexity index is 588. The van der Waals surface area contributed by atoms with E-state index in [2.05, 4.69) is 0 Å². The minimum atomic E-state index is -4.39. The minimum Gasteiger partial charge on any atom is -0.366 e. The van der Waals surface area contributed by atoms with Gasteiger partial charge in [0.1, 0.15) is 5.70 Å². The van der Waals surface area contributed by atoms with E-state index >= 15 is 0 Å². The third-order valence-corrected chi connectivity index (χ3v) is 3.07. The van der Waals surface area contributed by atoms with E-state index in [1.54, 1.807) is 30.3 Å². The summed E-state index contributed by atoms with van der Waals surface area (Å²) >= 11 is 0. The highest BCUT2D eigenvalue weighted by atomic mass is 19.4. The van der Waals surface area contributed by atoms with E-state index in [-0.39, 0.29) is 6.54 Å². The number of hydrogen-bond acceptors (Lipinski definition) is 1. The zero-order valence-electron chi connectivity index (χ0n) is 11.6. The highest BCUT2D eigenvalue weighted by Crippen LogP contribution is 2.30. The van der Waals surface area contributed by atoms with Gasteiger partial charge < -0.3 is 4.90 Å². The van der Waals surface area contributed by atoms with Crippen molar-refractivity contribution in [3.8, 4) is 0 Å². The summed E-state index contributed by atoms with van der Waals surface area (Å²) in [4.78, 5) is 1.22. The molecule has 0 bridgehead atoms. The van der Waals surface area contributed by atoms with Gasteiger partial charge in [0.15, 0.2) is 0 Å². The van der Waals surface area contributed by atoms with Crippen LogP contribution < -0.4 is 0 Å². The Morgan fingerprint density at radius 3 is 2.00 bits per heavy atom. The van der Waals surface area contributed by atoms with E-state index < -0.39 is 11.9 Å². The van der Waals surface area contributed by atoms with E-state index in [4.69, 9.17) is 0 Å². The molecule has 0 saturated heterocycles. The fraction of sp³-hybridized carbons (Fsp3) is 0.176. The first-order valence-electron chi connectivity index (χ1n) is 6.56. The maximum absolute atomic E-state index is 13.2. The summed E-state index contributed by atoms with van der Waals surface area (Å²) in [7, 11) is 1.45. The van der Waals surface area contributed by atoms with Crippen LogP contribution in [0.3, 0.4) is 0 Å². The molecule has 0 radical (unpaired) electrons. The number of alkyl halides is 3. The minimum absolute atomic E-state index is 0.207.